The Kier molecular flexibility index (Phi) is 4.83. The molecule has 0 spiro atoms. The molecule has 5 heteroatoms. The van der Waals surface area contributed by atoms with E-state index >= 15 is 0 Å². The molecule has 2 aliphatic rings. The molecule has 0 bridgehead atoms. The van der Waals surface area contributed by atoms with Gasteiger partial charge in [-0.1, -0.05) is 59.5 Å². The molecule has 1 aliphatic carbocycles. The molecule has 0 aromatic heterocycles. The summed E-state index contributed by atoms with van der Waals surface area (Å²) in [4.78, 5) is 0.376. The minimum atomic E-state index is -3.41. The molecule has 24 heavy (non-hydrogen) atoms. The topological polar surface area (TPSA) is 37.4 Å². The minimum absolute atomic E-state index is 0. The van der Waals surface area contributed by atoms with Crippen LogP contribution >= 0.6 is 0 Å². The van der Waals surface area contributed by atoms with Crippen LogP contribution in [0.15, 0.2) is 65.1 Å². The van der Waals surface area contributed by atoms with Crippen LogP contribution in [0.25, 0.3) is 0 Å². The molecule has 2 aromatic rings. The van der Waals surface area contributed by atoms with E-state index in [-0.39, 0.29) is 32.9 Å². The summed E-state index contributed by atoms with van der Waals surface area (Å²) in [5, 5.41) is 0. The van der Waals surface area contributed by atoms with E-state index in [0.29, 0.717) is 18.0 Å². The van der Waals surface area contributed by atoms with Crippen LogP contribution in [0.3, 0.4) is 0 Å². The van der Waals surface area contributed by atoms with Gasteiger partial charge in [0.15, 0.2) is 0 Å². The fourth-order valence-electron chi connectivity index (χ4n) is 3.38. The fraction of sp³-hybridized carbons (Fsp3) is 0.263. The Labute approximate surface area is 157 Å². The van der Waals surface area contributed by atoms with Crippen LogP contribution in [-0.4, -0.2) is 25.8 Å². The molecule has 128 valence electrons. The monoisotopic (exact) mass is 519 g/mol. The van der Waals surface area contributed by atoms with Crippen LogP contribution in [-0.2, 0) is 31.1 Å². The maximum Gasteiger partial charge on any atom is 0.243 e. The predicted molar refractivity (Wildman–Crippen MR) is 89.4 cm³/mol. The zero-order valence-corrected chi connectivity index (χ0v) is 16.3. The number of fused-ring (bicyclic) bond motifs is 1. The van der Waals surface area contributed by atoms with Crippen molar-refractivity contribution in [1.29, 1.82) is 0 Å². The van der Waals surface area contributed by atoms with Gasteiger partial charge in [0.25, 0.3) is 0 Å². The quantitative estimate of drug-likeness (QED) is 0.585. The average molecular weight is 520 g/mol. The van der Waals surface area contributed by atoms with Crippen molar-refractivity contribution in [3.63, 3.8) is 0 Å². The maximum atomic E-state index is 12.8. The first-order chi connectivity index (χ1) is 11.1. The smallest absolute Gasteiger partial charge is 0.243 e. The molecule has 2 atom stereocenters. The zero-order chi connectivity index (χ0) is 16.0. The first-order valence-electron chi connectivity index (χ1n) is 7.80. The van der Waals surface area contributed by atoms with E-state index in [1.165, 1.54) is 5.56 Å². The van der Waals surface area contributed by atoms with E-state index in [2.05, 4.69) is 18.2 Å². The van der Waals surface area contributed by atoms with Crippen LogP contribution in [0.1, 0.15) is 17.0 Å². The van der Waals surface area contributed by atoms with E-state index in [4.69, 9.17) is 0 Å². The summed E-state index contributed by atoms with van der Waals surface area (Å²) in [6.07, 6.45) is 3.43. The normalized spacial score (nSPS) is 23.0. The third kappa shape index (κ3) is 2.92. The predicted octanol–water partition coefficient (Wildman–Crippen LogP) is 3.14. The number of nitrogens with zero attached hydrogens (tertiary/aromatic N) is 1. The second kappa shape index (κ2) is 6.59. The molecule has 1 heterocycles. The Morgan fingerprint density at radius 2 is 1.71 bits per heavy atom. The molecule has 0 saturated carbocycles. The Morgan fingerprint density at radius 3 is 2.38 bits per heavy atom. The number of sulfonamides is 1. The van der Waals surface area contributed by atoms with Crippen LogP contribution in [0, 0.1) is 18.9 Å². The Morgan fingerprint density at radius 1 is 1.04 bits per heavy atom. The molecule has 0 amide bonds. The van der Waals surface area contributed by atoms with Gasteiger partial charge in [0.1, 0.15) is 0 Å². The van der Waals surface area contributed by atoms with Gasteiger partial charge in [-0.15, -0.1) is 5.92 Å². The summed E-state index contributed by atoms with van der Waals surface area (Å²) in [7, 11) is -3.41. The SMILES string of the molecule is Cc1ccc(S(=O)(=O)N2CC3=[C-]C(c4ccccc4)C3C2)cc1.[Pt]. The van der Waals surface area contributed by atoms with Crippen LogP contribution < -0.4 is 0 Å². The first-order valence-corrected chi connectivity index (χ1v) is 9.24. The summed E-state index contributed by atoms with van der Waals surface area (Å²) in [6, 6.07) is 17.3. The Bertz CT molecular complexity index is 860. The van der Waals surface area contributed by atoms with Crippen molar-refractivity contribution in [2.75, 3.05) is 13.1 Å². The molecule has 2 unspecified atom stereocenters. The molecule has 1 saturated heterocycles. The Hall–Kier alpha value is -1.22. The molecule has 2 aromatic carbocycles. The van der Waals surface area contributed by atoms with Gasteiger partial charge in [-0.2, -0.15) is 4.31 Å². The second-order valence-corrected chi connectivity index (χ2v) is 8.21. The summed E-state index contributed by atoms with van der Waals surface area (Å²) < 4.78 is 27.2. The number of hydrogen-bond donors (Lipinski definition) is 0. The van der Waals surface area contributed by atoms with Crippen molar-refractivity contribution in [3.05, 3.63) is 77.4 Å². The molecule has 0 radical (unpaired) electrons. The summed E-state index contributed by atoms with van der Waals surface area (Å²) in [6.45, 7) is 2.99. The molecule has 4 rings (SSSR count). The van der Waals surface area contributed by atoms with E-state index in [1.807, 2.05) is 37.3 Å². The van der Waals surface area contributed by atoms with Gasteiger partial charge < -0.3 is 6.08 Å². The van der Waals surface area contributed by atoms with Gasteiger partial charge in [-0.05, 0) is 19.1 Å². The van der Waals surface area contributed by atoms with Crippen molar-refractivity contribution >= 4 is 10.0 Å². The number of aryl methyl sites for hydroxylation is 1. The van der Waals surface area contributed by atoms with Gasteiger partial charge in [0, 0.05) is 34.2 Å². The van der Waals surface area contributed by atoms with Gasteiger partial charge in [-0.3, -0.25) is 0 Å². The minimum Gasteiger partial charge on any atom is -0.487 e. The molecule has 1 aliphatic heterocycles. The Balaban J connectivity index is 0.00000169. The molecule has 1 fully saturated rings. The van der Waals surface area contributed by atoms with Crippen LogP contribution in [0.5, 0.6) is 0 Å². The molecule has 0 N–H and O–H groups in total. The summed E-state index contributed by atoms with van der Waals surface area (Å²) in [5.74, 6) is 0.502. The van der Waals surface area contributed by atoms with Gasteiger partial charge >= 0.3 is 0 Å². The number of hydrogen-bond acceptors (Lipinski definition) is 2. The van der Waals surface area contributed by atoms with Crippen LogP contribution in [0.4, 0.5) is 0 Å². The van der Waals surface area contributed by atoms with Crippen molar-refractivity contribution in [2.45, 2.75) is 17.7 Å². The van der Waals surface area contributed by atoms with Crippen molar-refractivity contribution in [2.24, 2.45) is 5.92 Å². The number of benzene rings is 2. The van der Waals surface area contributed by atoms with Crippen molar-refractivity contribution in [3.8, 4) is 0 Å². The molecular weight excluding hydrogens is 501 g/mol. The van der Waals surface area contributed by atoms with Gasteiger partial charge in [0.05, 0.1) is 4.90 Å². The van der Waals surface area contributed by atoms with Crippen molar-refractivity contribution < 1.29 is 29.5 Å². The van der Waals surface area contributed by atoms with Crippen molar-refractivity contribution in [1.82, 2.24) is 4.31 Å². The van der Waals surface area contributed by atoms with E-state index in [9.17, 15) is 8.42 Å². The largest absolute Gasteiger partial charge is 0.487 e. The first kappa shape index (κ1) is 17.6. The number of rotatable bonds is 3. The second-order valence-electron chi connectivity index (χ2n) is 6.28. The van der Waals surface area contributed by atoms with Gasteiger partial charge in [-0.25, -0.2) is 14.0 Å². The third-order valence-corrected chi connectivity index (χ3v) is 6.58. The summed E-state index contributed by atoms with van der Waals surface area (Å²) in [5.41, 5.74) is 3.41. The summed E-state index contributed by atoms with van der Waals surface area (Å²) >= 11 is 0. The van der Waals surface area contributed by atoms with E-state index in [0.717, 1.165) is 11.1 Å². The van der Waals surface area contributed by atoms with E-state index < -0.39 is 10.0 Å². The van der Waals surface area contributed by atoms with Gasteiger partial charge in [0.2, 0.25) is 10.0 Å². The van der Waals surface area contributed by atoms with E-state index in [1.54, 1.807) is 16.4 Å². The standard InChI is InChI=1S/C19H18NO2S.Pt/c1-14-7-9-17(10-8-14)23(21,22)20-12-16-11-18(19(16)13-20)15-5-3-2-4-6-15;/h2-10,18-19H,12-13H2,1H3;/q-1;. The average Bonchev–Trinajstić information content (AvgIpc) is 2.87. The third-order valence-electron chi connectivity index (χ3n) is 4.76. The fourth-order valence-corrected chi connectivity index (χ4v) is 4.83. The zero-order valence-electron chi connectivity index (χ0n) is 13.3. The molecule has 3 nitrogen and oxygen atoms in total. The maximum absolute atomic E-state index is 12.8. The molecular formula is C19H18NO2PtS-. The van der Waals surface area contributed by atoms with Crippen LogP contribution in [0.2, 0.25) is 0 Å². The number of allylic oxidation sites excluding steroid dienone is 1.